The summed E-state index contributed by atoms with van der Waals surface area (Å²) in [5, 5.41) is 11.6. The van der Waals surface area contributed by atoms with Gasteiger partial charge in [0.15, 0.2) is 0 Å². The van der Waals surface area contributed by atoms with Crippen molar-refractivity contribution in [1.29, 1.82) is 0 Å². The topological polar surface area (TPSA) is 76.1 Å². The van der Waals surface area contributed by atoms with Crippen LogP contribution in [0.25, 0.3) is 5.76 Å². The molecule has 1 saturated heterocycles. The number of amides is 1. The van der Waals surface area contributed by atoms with Gasteiger partial charge in [0.1, 0.15) is 17.3 Å². The van der Waals surface area contributed by atoms with E-state index in [1.165, 1.54) is 26.4 Å². The summed E-state index contributed by atoms with van der Waals surface area (Å²) in [5.41, 5.74) is 2.02. The number of likely N-dealkylation sites (tertiary alicyclic amines) is 1. The average molecular weight is 458 g/mol. The van der Waals surface area contributed by atoms with Gasteiger partial charge in [0.2, 0.25) is 0 Å². The highest BCUT2D eigenvalue weighted by Gasteiger charge is 2.46. The van der Waals surface area contributed by atoms with Gasteiger partial charge in [-0.1, -0.05) is 61.2 Å². The van der Waals surface area contributed by atoms with Crippen molar-refractivity contribution in [3.8, 4) is 11.5 Å². The Bertz CT molecular complexity index is 1060. The number of carbonyl (C=O) groups is 2. The maximum atomic E-state index is 13.1. The van der Waals surface area contributed by atoms with Crippen molar-refractivity contribution >= 4 is 29.1 Å². The van der Waals surface area contributed by atoms with Crippen molar-refractivity contribution < 1.29 is 24.2 Å². The number of halogens is 1. The Kier molecular flexibility index (Phi) is 7.46. The lowest BCUT2D eigenvalue weighted by Crippen LogP contribution is -2.30. The highest BCUT2D eigenvalue weighted by molar-refractivity contribution is 6.46. The van der Waals surface area contributed by atoms with E-state index in [0.29, 0.717) is 17.3 Å². The van der Waals surface area contributed by atoms with Crippen LogP contribution in [-0.2, 0) is 9.59 Å². The van der Waals surface area contributed by atoms with Gasteiger partial charge in [-0.3, -0.25) is 9.59 Å². The molecule has 1 aliphatic rings. The molecule has 1 aliphatic heterocycles. The van der Waals surface area contributed by atoms with E-state index in [0.717, 1.165) is 30.4 Å². The third kappa shape index (κ3) is 4.46. The fourth-order valence-corrected chi connectivity index (χ4v) is 4.25. The second-order valence-electron chi connectivity index (χ2n) is 7.80. The first-order chi connectivity index (χ1) is 15.3. The van der Waals surface area contributed by atoms with Crippen molar-refractivity contribution in [2.45, 2.75) is 39.2 Å². The van der Waals surface area contributed by atoms with Gasteiger partial charge < -0.3 is 19.5 Å². The molecule has 0 saturated carbocycles. The number of unbranched alkanes of at least 4 members (excludes halogenated alkanes) is 2. The van der Waals surface area contributed by atoms with E-state index >= 15 is 0 Å². The van der Waals surface area contributed by atoms with Crippen LogP contribution in [0.1, 0.15) is 48.9 Å². The van der Waals surface area contributed by atoms with Gasteiger partial charge in [-0.25, -0.2) is 0 Å². The van der Waals surface area contributed by atoms with Gasteiger partial charge in [-0.2, -0.15) is 0 Å². The minimum absolute atomic E-state index is 0.0276. The number of hydrogen-bond donors (Lipinski definition) is 1. The monoisotopic (exact) mass is 457 g/mol. The molecule has 0 radical (unpaired) electrons. The molecule has 170 valence electrons. The highest BCUT2D eigenvalue weighted by atomic mass is 35.5. The first kappa shape index (κ1) is 23.7. The molecule has 1 fully saturated rings. The van der Waals surface area contributed by atoms with E-state index in [1.54, 1.807) is 4.90 Å². The van der Waals surface area contributed by atoms with Crippen molar-refractivity contribution in [3.05, 3.63) is 63.7 Å². The first-order valence-electron chi connectivity index (χ1n) is 10.6. The number of aliphatic hydroxyl groups excluding tert-OH is 1. The van der Waals surface area contributed by atoms with Crippen LogP contribution in [0.3, 0.4) is 0 Å². The molecule has 0 aliphatic carbocycles. The number of Topliss-reactive ketones (excluding diaryl/α,β-unsaturated/α-hetero) is 1. The first-order valence-corrected chi connectivity index (χ1v) is 11.0. The normalized spacial score (nSPS) is 17.7. The lowest BCUT2D eigenvalue weighted by Gasteiger charge is -2.25. The van der Waals surface area contributed by atoms with Crippen molar-refractivity contribution in [1.82, 2.24) is 4.90 Å². The maximum Gasteiger partial charge on any atom is 0.295 e. The molecular weight excluding hydrogens is 430 g/mol. The average Bonchev–Trinajstić information content (AvgIpc) is 3.03. The zero-order chi connectivity index (χ0) is 23.4. The number of methoxy groups -OCH3 is 2. The zero-order valence-corrected chi connectivity index (χ0v) is 19.5. The number of aliphatic hydroxyl groups is 1. The van der Waals surface area contributed by atoms with Crippen molar-refractivity contribution in [2.75, 3.05) is 20.8 Å². The summed E-state index contributed by atoms with van der Waals surface area (Å²) in [6.07, 6.45) is 2.69. The van der Waals surface area contributed by atoms with Crippen LogP contribution in [0.2, 0.25) is 5.02 Å². The Morgan fingerprint density at radius 1 is 1.09 bits per heavy atom. The standard InChI is InChI=1S/C25H28ClNO5/c1-5-6-7-11-27-22(16-10-8-9-15(2)12-16)21(24(29)25(27)30)23(28)17-13-20(32-4)18(26)14-19(17)31-3/h8-10,12-14,22,28H,5-7,11H2,1-4H3/b23-21+. The summed E-state index contributed by atoms with van der Waals surface area (Å²) in [6.45, 7) is 4.45. The Labute approximate surface area is 193 Å². The number of ether oxygens (including phenoxy) is 2. The smallest absolute Gasteiger partial charge is 0.295 e. The molecular formula is C25H28ClNO5. The van der Waals surface area contributed by atoms with E-state index in [1.807, 2.05) is 31.2 Å². The minimum Gasteiger partial charge on any atom is -0.507 e. The molecule has 7 heteroatoms. The molecule has 32 heavy (non-hydrogen) atoms. The minimum atomic E-state index is -0.721. The van der Waals surface area contributed by atoms with E-state index in [-0.39, 0.29) is 22.6 Å². The molecule has 0 bridgehead atoms. The molecule has 0 spiro atoms. The molecule has 2 aromatic rings. The van der Waals surface area contributed by atoms with Crippen LogP contribution >= 0.6 is 11.6 Å². The molecule has 3 rings (SSSR count). The van der Waals surface area contributed by atoms with E-state index in [4.69, 9.17) is 21.1 Å². The number of carbonyl (C=O) groups excluding carboxylic acids is 2. The van der Waals surface area contributed by atoms with Crippen LogP contribution in [0.5, 0.6) is 11.5 Å². The van der Waals surface area contributed by atoms with Crippen LogP contribution in [0.4, 0.5) is 0 Å². The molecule has 1 unspecified atom stereocenters. The van der Waals surface area contributed by atoms with Gasteiger partial charge in [0, 0.05) is 12.6 Å². The van der Waals surface area contributed by atoms with Gasteiger partial charge >= 0.3 is 0 Å². The predicted octanol–water partition coefficient (Wildman–Crippen LogP) is 5.28. The fraction of sp³-hybridized carbons (Fsp3) is 0.360. The lowest BCUT2D eigenvalue weighted by atomic mass is 9.94. The Morgan fingerprint density at radius 2 is 1.81 bits per heavy atom. The van der Waals surface area contributed by atoms with E-state index in [2.05, 4.69) is 6.92 Å². The summed E-state index contributed by atoms with van der Waals surface area (Å²) in [5.74, 6) is -1.07. The summed E-state index contributed by atoms with van der Waals surface area (Å²) in [7, 11) is 2.90. The van der Waals surface area contributed by atoms with Gasteiger partial charge in [0.25, 0.3) is 11.7 Å². The van der Waals surface area contributed by atoms with Gasteiger partial charge in [-0.15, -0.1) is 0 Å². The number of benzene rings is 2. The van der Waals surface area contributed by atoms with Crippen molar-refractivity contribution in [2.24, 2.45) is 0 Å². The second-order valence-corrected chi connectivity index (χ2v) is 8.21. The Hall–Kier alpha value is -2.99. The van der Waals surface area contributed by atoms with Crippen LogP contribution in [0, 0.1) is 6.92 Å². The Morgan fingerprint density at radius 3 is 2.44 bits per heavy atom. The van der Waals surface area contributed by atoms with Crippen LogP contribution in [0.15, 0.2) is 42.0 Å². The maximum absolute atomic E-state index is 13.1. The summed E-state index contributed by atoms with van der Waals surface area (Å²) in [6, 6.07) is 9.93. The van der Waals surface area contributed by atoms with Crippen LogP contribution in [-0.4, -0.2) is 42.5 Å². The predicted molar refractivity (Wildman–Crippen MR) is 124 cm³/mol. The van der Waals surface area contributed by atoms with E-state index < -0.39 is 17.7 Å². The number of aryl methyl sites for hydroxylation is 1. The molecule has 6 nitrogen and oxygen atoms in total. The summed E-state index contributed by atoms with van der Waals surface area (Å²) < 4.78 is 10.7. The highest BCUT2D eigenvalue weighted by Crippen LogP contribution is 2.43. The fourth-order valence-electron chi connectivity index (χ4n) is 4.02. The van der Waals surface area contributed by atoms with Gasteiger partial charge in [-0.05, 0) is 25.0 Å². The number of hydrogen-bond acceptors (Lipinski definition) is 5. The Balaban J connectivity index is 2.22. The molecule has 1 N–H and O–H groups in total. The van der Waals surface area contributed by atoms with E-state index in [9.17, 15) is 14.7 Å². The molecule has 1 heterocycles. The number of nitrogens with zero attached hydrogens (tertiary/aromatic N) is 1. The third-order valence-corrected chi connectivity index (χ3v) is 5.92. The molecule has 1 amide bonds. The largest absolute Gasteiger partial charge is 0.507 e. The number of ketones is 1. The molecule has 1 atom stereocenters. The molecule has 0 aromatic heterocycles. The summed E-state index contributed by atoms with van der Waals surface area (Å²) >= 11 is 6.20. The van der Waals surface area contributed by atoms with Gasteiger partial charge in [0.05, 0.1) is 36.4 Å². The SMILES string of the molecule is CCCCCN1C(=O)C(=O)/C(=C(/O)c2cc(OC)c(Cl)cc2OC)C1c1cccc(C)c1. The number of rotatable bonds is 8. The third-order valence-electron chi connectivity index (χ3n) is 5.63. The van der Waals surface area contributed by atoms with Crippen LogP contribution < -0.4 is 9.47 Å². The summed E-state index contributed by atoms with van der Waals surface area (Å²) in [4.78, 5) is 27.7. The molecule has 2 aromatic carbocycles. The second kappa shape index (κ2) is 10.1. The lowest BCUT2D eigenvalue weighted by molar-refractivity contribution is -0.139. The van der Waals surface area contributed by atoms with Crippen molar-refractivity contribution in [3.63, 3.8) is 0 Å². The quantitative estimate of drug-likeness (QED) is 0.252. The zero-order valence-electron chi connectivity index (χ0n) is 18.8.